The summed E-state index contributed by atoms with van der Waals surface area (Å²) in [4.78, 5) is 22.1. The summed E-state index contributed by atoms with van der Waals surface area (Å²) in [5, 5.41) is 20.3. The van der Waals surface area contributed by atoms with Crippen molar-refractivity contribution in [3.63, 3.8) is 0 Å². The van der Waals surface area contributed by atoms with Crippen LogP contribution in [0.25, 0.3) is 27.9 Å². The van der Waals surface area contributed by atoms with Gasteiger partial charge in [0.25, 0.3) is 5.91 Å². The van der Waals surface area contributed by atoms with Crippen molar-refractivity contribution in [2.45, 2.75) is 38.0 Å². The van der Waals surface area contributed by atoms with Gasteiger partial charge in [-0.05, 0) is 25.3 Å². The van der Waals surface area contributed by atoms with E-state index < -0.39 is 5.82 Å². The molecule has 1 aliphatic carbocycles. The molecule has 0 saturated heterocycles. The van der Waals surface area contributed by atoms with Crippen LogP contribution in [0.2, 0.25) is 0 Å². The maximum Gasteiger partial charge on any atom is 0.257 e. The maximum absolute atomic E-state index is 14.1. The van der Waals surface area contributed by atoms with Crippen LogP contribution in [0.4, 0.5) is 10.2 Å². The highest BCUT2D eigenvalue weighted by Gasteiger charge is 2.33. The number of nitrogens with one attached hydrogen (secondary N) is 2. The molecule has 11 heteroatoms. The number of aromatic nitrogens is 5. The number of amides is 1. The van der Waals surface area contributed by atoms with Crippen molar-refractivity contribution >= 4 is 28.4 Å². The standard InChI is InChI=1S/C23H26FN7O3/c1-25-20-9-18(16-12-30(6-3-7-32)21-14(16)8-13(24)10-26-21)28-22-15(11-27-31(20)22)23(33)29-17-4-5-19(17)34-2/h8-12,17,19,25,32H,3-7H2,1-2H3,(H,29,33)/t17-,19-/m0/s1. The fourth-order valence-electron chi connectivity index (χ4n) is 4.36. The number of fused-ring (bicyclic) bond motifs is 2. The number of hydrogen-bond donors (Lipinski definition) is 3. The van der Waals surface area contributed by atoms with Crippen LogP contribution in [-0.4, -0.2) is 68.1 Å². The molecule has 0 spiro atoms. The van der Waals surface area contributed by atoms with Crippen molar-refractivity contribution in [3.05, 3.63) is 42.1 Å². The number of ether oxygens (including phenoxy) is 1. The van der Waals surface area contributed by atoms with Gasteiger partial charge in [0.05, 0.1) is 30.2 Å². The molecule has 3 N–H and O–H groups in total. The number of hydrogen-bond acceptors (Lipinski definition) is 7. The molecule has 1 saturated carbocycles. The fraction of sp³-hybridized carbons (Fsp3) is 0.391. The maximum atomic E-state index is 14.1. The number of anilines is 1. The Balaban J connectivity index is 1.61. The molecular weight excluding hydrogens is 441 g/mol. The molecule has 4 aromatic rings. The van der Waals surface area contributed by atoms with E-state index in [0.29, 0.717) is 52.3 Å². The third-order valence-corrected chi connectivity index (χ3v) is 6.32. The number of carbonyl (C=O) groups excluding carboxylic acids is 1. The van der Waals surface area contributed by atoms with E-state index in [0.717, 1.165) is 12.8 Å². The molecule has 4 heterocycles. The number of rotatable bonds is 8. The first-order valence-corrected chi connectivity index (χ1v) is 11.2. The van der Waals surface area contributed by atoms with E-state index >= 15 is 0 Å². The molecule has 1 amide bonds. The topological polar surface area (TPSA) is 119 Å². The summed E-state index contributed by atoms with van der Waals surface area (Å²) in [6, 6.07) is 3.17. The highest BCUT2D eigenvalue weighted by atomic mass is 19.1. The van der Waals surface area contributed by atoms with Crippen molar-refractivity contribution in [1.82, 2.24) is 29.5 Å². The molecule has 178 valence electrons. The minimum Gasteiger partial charge on any atom is -0.396 e. The number of aryl methyl sites for hydroxylation is 1. The lowest BCUT2D eigenvalue weighted by Crippen LogP contribution is -2.51. The number of methoxy groups -OCH3 is 1. The third kappa shape index (κ3) is 3.76. The Bertz CT molecular complexity index is 1360. The number of aliphatic hydroxyl groups excluding tert-OH is 1. The lowest BCUT2D eigenvalue weighted by molar-refractivity contribution is 0.00732. The van der Waals surface area contributed by atoms with Crippen LogP contribution >= 0.6 is 0 Å². The molecule has 0 unspecified atom stereocenters. The van der Waals surface area contributed by atoms with Gasteiger partial charge < -0.3 is 25.0 Å². The van der Waals surface area contributed by atoms with Crippen molar-refractivity contribution in [1.29, 1.82) is 0 Å². The zero-order chi connectivity index (χ0) is 23.8. The van der Waals surface area contributed by atoms with Gasteiger partial charge in [0.2, 0.25) is 0 Å². The fourth-order valence-corrected chi connectivity index (χ4v) is 4.36. The Labute approximate surface area is 194 Å². The van der Waals surface area contributed by atoms with E-state index in [1.54, 1.807) is 24.7 Å². The summed E-state index contributed by atoms with van der Waals surface area (Å²) in [6.07, 6.45) is 6.82. The summed E-state index contributed by atoms with van der Waals surface area (Å²) in [5.74, 6) is -0.106. The zero-order valence-corrected chi connectivity index (χ0v) is 19.0. The van der Waals surface area contributed by atoms with Gasteiger partial charge in [-0.3, -0.25) is 4.79 Å². The van der Waals surface area contributed by atoms with E-state index in [1.807, 2.05) is 10.8 Å². The highest BCUT2D eigenvalue weighted by Crippen LogP contribution is 2.32. The molecule has 0 aromatic carbocycles. The average molecular weight is 468 g/mol. The first-order chi connectivity index (χ1) is 16.5. The van der Waals surface area contributed by atoms with Gasteiger partial charge in [-0.25, -0.2) is 14.4 Å². The Morgan fingerprint density at radius 3 is 2.85 bits per heavy atom. The zero-order valence-electron chi connectivity index (χ0n) is 19.0. The lowest BCUT2D eigenvalue weighted by Gasteiger charge is -2.35. The van der Waals surface area contributed by atoms with Crippen LogP contribution in [0, 0.1) is 5.82 Å². The van der Waals surface area contributed by atoms with Crippen LogP contribution in [0.1, 0.15) is 29.6 Å². The molecule has 10 nitrogen and oxygen atoms in total. The highest BCUT2D eigenvalue weighted by molar-refractivity contribution is 6.01. The Morgan fingerprint density at radius 2 is 2.15 bits per heavy atom. The summed E-state index contributed by atoms with van der Waals surface area (Å²) < 4.78 is 22.9. The van der Waals surface area contributed by atoms with Crippen molar-refractivity contribution in [2.75, 3.05) is 26.1 Å². The Kier molecular flexibility index (Phi) is 5.88. The number of nitrogens with zero attached hydrogens (tertiary/aromatic N) is 5. The summed E-state index contributed by atoms with van der Waals surface area (Å²) in [7, 11) is 3.39. The van der Waals surface area contributed by atoms with E-state index in [4.69, 9.17) is 9.72 Å². The minimum atomic E-state index is -0.457. The number of aliphatic hydroxyl groups is 1. The smallest absolute Gasteiger partial charge is 0.257 e. The quantitative estimate of drug-likeness (QED) is 0.364. The predicted molar refractivity (Wildman–Crippen MR) is 124 cm³/mol. The second kappa shape index (κ2) is 8.99. The van der Waals surface area contributed by atoms with Gasteiger partial charge in [0, 0.05) is 50.5 Å². The Morgan fingerprint density at radius 1 is 1.29 bits per heavy atom. The first-order valence-electron chi connectivity index (χ1n) is 11.2. The second-order valence-electron chi connectivity index (χ2n) is 8.34. The molecule has 4 aromatic heterocycles. The first kappa shape index (κ1) is 22.2. The largest absolute Gasteiger partial charge is 0.396 e. The van der Waals surface area contributed by atoms with Crippen molar-refractivity contribution in [3.8, 4) is 11.3 Å². The minimum absolute atomic E-state index is 0.00891. The SMILES string of the molecule is CNc1cc(-c2cn(CCCO)c3ncc(F)cc23)nc2c(C(=O)N[C@H]3CC[C@@H]3OC)cnn12. The second-order valence-corrected chi connectivity index (χ2v) is 8.34. The van der Waals surface area contributed by atoms with E-state index in [1.165, 1.54) is 18.5 Å². The molecular formula is C23H26FN7O3. The normalized spacial score (nSPS) is 17.8. The van der Waals surface area contributed by atoms with Crippen molar-refractivity contribution in [2.24, 2.45) is 0 Å². The molecule has 1 aliphatic rings. The molecule has 5 rings (SSSR count). The molecule has 0 radical (unpaired) electrons. The van der Waals surface area contributed by atoms with Gasteiger partial charge in [-0.15, -0.1) is 0 Å². The average Bonchev–Trinajstić information content (AvgIpc) is 3.41. The van der Waals surface area contributed by atoms with Crippen molar-refractivity contribution < 1.29 is 19.0 Å². The van der Waals surface area contributed by atoms with Gasteiger partial charge in [-0.2, -0.15) is 9.61 Å². The molecule has 0 aliphatic heterocycles. The van der Waals surface area contributed by atoms with Gasteiger partial charge in [0.1, 0.15) is 22.8 Å². The monoisotopic (exact) mass is 467 g/mol. The molecule has 34 heavy (non-hydrogen) atoms. The summed E-state index contributed by atoms with van der Waals surface area (Å²) in [6.45, 7) is 0.554. The van der Waals surface area contributed by atoms with E-state index in [-0.39, 0.29) is 24.7 Å². The third-order valence-electron chi connectivity index (χ3n) is 6.32. The summed E-state index contributed by atoms with van der Waals surface area (Å²) in [5.41, 5.74) is 2.54. The van der Waals surface area contributed by atoms with Crippen LogP contribution in [0.15, 0.2) is 30.7 Å². The van der Waals surface area contributed by atoms with Crippen LogP contribution in [0.5, 0.6) is 0 Å². The van der Waals surface area contributed by atoms with Gasteiger partial charge in [0.15, 0.2) is 5.65 Å². The number of carbonyl (C=O) groups is 1. The molecule has 2 atom stereocenters. The predicted octanol–water partition coefficient (Wildman–Crippen LogP) is 2.22. The number of halogens is 1. The summed E-state index contributed by atoms with van der Waals surface area (Å²) >= 11 is 0. The van der Waals surface area contributed by atoms with Crippen LogP contribution < -0.4 is 10.6 Å². The lowest BCUT2D eigenvalue weighted by atomic mass is 9.89. The molecule has 0 bridgehead atoms. The molecule has 1 fully saturated rings. The van der Waals surface area contributed by atoms with Crippen LogP contribution in [-0.2, 0) is 11.3 Å². The Hall–Kier alpha value is -3.57. The number of pyridine rings is 1. The van der Waals surface area contributed by atoms with Gasteiger partial charge in [-0.1, -0.05) is 0 Å². The van der Waals surface area contributed by atoms with Crippen LogP contribution in [0.3, 0.4) is 0 Å². The van der Waals surface area contributed by atoms with E-state index in [9.17, 15) is 14.3 Å². The van der Waals surface area contributed by atoms with E-state index in [2.05, 4.69) is 20.7 Å². The van der Waals surface area contributed by atoms with Gasteiger partial charge >= 0.3 is 0 Å².